The zero-order valence-corrected chi connectivity index (χ0v) is 12.2. The first kappa shape index (κ1) is 14.9. The predicted molar refractivity (Wildman–Crippen MR) is 77.7 cm³/mol. The van der Waals surface area contributed by atoms with E-state index in [-0.39, 0.29) is 5.91 Å². The van der Waals surface area contributed by atoms with E-state index in [1.54, 1.807) is 6.92 Å². The summed E-state index contributed by atoms with van der Waals surface area (Å²) in [6.07, 6.45) is 2.44. The normalized spacial score (nSPS) is 17.4. The first-order valence-electron chi connectivity index (χ1n) is 7.22. The molecule has 20 heavy (non-hydrogen) atoms. The standard InChI is InChI=1S/C16H23NO3/c1-3-20-14-8-4-12(5-9-14)10-15(18)17-11-16(2,19)13-6-7-13/h4-5,8-9,13,19H,3,6-7,10-11H2,1-2H3,(H,17,18). The molecule has 1 aromatic carbocycles. The summed E-state index contributed by atoms with van der Waals surface area (Å²) in [6, 6.07) is 7.52. The van der Waals surface area contributed by atoms with Gasteiger partial charge in [0.15, 0.2) is 0 Å². The van der Waals surface area contributed by atoms with Gasteiger partial charge in [0.25, 0.3) is 0 Å². The molecule has 1 atom stereocenters. The van der Waals surface area contributed by atoms with Gasteiger partial charge in [-0.25, -0.2) is 0 Å². The van der Waals surface area contributed by atoms with Crippen molar-refractivity contribution < 1.29 is 14.6 Å². The van der Waals surface area contributed by atoms with Gasteiger partial charge in [0.05, 0.1) is 18.6 Å². The van der Waals surface area contributed by atoms with Gasteiger partial charge in [-0.3, -0.25) is 4.79 Å². The molecule has 1 fully saturated rings. The monoisotopic (exact) mass is 277 g/mol. The lowest BCUT2D eigenvalue weighted by Gasteiger charge is -2.23. The molecule has 1 amide bonds. The number of ether oxygens (including phenoxy) is 1. The highest BCUT2D eigenvalue weighted by Crippen LogP contribution is 2.38. The molecule has 1 unspecified atom stereocenters. The van der Waals surface area contributed by atoms with Crippen LogP contribution in [-0.2, 0) is 11.2 Å². The average Bonchev–Trinajstić information content (AvgIpc) is 3.24. The molecule has 0 bridgehead atoms. The van der Waals surface area contributed by atoms with E-state index in [0.717, 1.165) is 24.2 Å². The highest BCUT2D eigenvalue weighted by atomic mass is 16.5. The van der Waals surface area contributed by atoms with Crippen LogP contribution in [-0.4, -0.2) is 29.8 Å². The second-order valence-corrected chi connectivity index (χ2v) is 5.66. The summed E-state index contributed by atoms with van der Waals surface area (Å²) in [7, 11) is 0. The fourth-order valence-electron chi connectivity index (χ4n) is 2.25. The summed E-state index contributed by atoms with van der Waals surface area (Å²) >= 11 is 0. The van der Waals surface area contributed by atoms with Crippen LogP contribution in [0, 0.1) is 5.92 Å². The summed E-state index contributed by atoms with van der Waals surface area (Å²) in [5.41, 5.74) is 0.172. The van der Waals surface area contributed by atoms with E-state index in [0.29, 0.717) is 25.5 Å². The average molecular weight is 277 g/mol. The fraction of sp³-hybridized carbons (Fsp3) is 0.562. The highest BCUT2D eigenvalue weighted by Gasteiger charge is 2.39. The van der Waals surface area contributed by atoms with Crippen molar-refractivity contribution >= 4 is 5.91 Å². The lowest BCUT2D eigenvalue weighted by molar-refractivity contribution is -0.121. The number of carbonyl (C=O) groups is 1. The Kier molecular flexibility index (Phi) is 4.65. The Hall–Kier alpha value is -1.55. The molecule has 0 aromatic heterocycles. The zero-order valence-electron chi connectivity index (χ0n) is 12.2. The fourth-order valence-corrected chi connectivity index (χ4v) is 2.25. The summed E-state index contributed by atoms with van der Waals surface area (Å²) in [4.78, 5) is 11.9. The van der Waals surface area contributed by atoms with Crippen molar-refractivity contribution in [1.82, 2.24) is 5.32 Å². The van der Waals surface area contributed by atoms with Crippen LogP contribution in [0.15, 0.2) is 24.3 Å². The summed E-state index contributed by atoms with van der Waals surface area (Å²) in [5, 5.41) is 12.9. The molecule has 110 valence electrons. The molecule has 0 saturated heterocycles. The molecule has 0 radical (unpaired) electrons. The van der Waals surface area contributed by atoms with Crippen LogP contribution in [0.5, 0.6) is 5.75 Å². The number of benzene rings is 1. The van der Waals surface area contributed by atoms with E-state index < -0.39 is 5.60 Å². The van der Waals surface area contributed by atoms with Crippen LogP contribution in [0.4, 0.5) is 0 Å². The van der Waals surface area contributed by atoms with Crippen LogP contribution in [0.25, 0.3) is 0 Å². The molecule has 1 aliphatic carbocycles. The number of rotatable bonds is 7. The van der Waals surface area contributed by atoms with E-state index in [1.807, 2.05) is 31.2 Å². The molecular weight excluding hydrogens is 254 g/mol. The Morgan fingerprint density at radius 1 is 1.40 bits per heavy atom. The third-order valence-corrected chi connectivity index (χ3v) is 3.70. The maximum absolute atomic E-state index is 11.9. The molecule has 1 aromatic rings. The molecule has 4 heteroatoms. The summed E-state index contributed by atoms with van der Waals surface area (Å²) in [6.45, 7) is 4.69. The van der Waals surface area contributed by atoms with Gasteiger partial charge in [-0.05, 0) is 50.3 Å². The predicted octanol–water partition coefficient (Wildman–Crippen LogP) is 1.91. The van der Waals surface area contributed by atoms with Crippen molar-refractivity contribution in [2.24, 2.45) is 5.92 Å². The van der Waals surface area contributed by atoms with Crippen LogP contribution in [0.3, 0.4) is 0 Å². The summed E-state index contributed by atoms with van der Waals surface area (Å²) < 4.78 is 5.36. The van der Waals surface area contributed by atoms with Gasteiger partial charge < -0.3 is 15.2 Å². The lowest BCUT2D eigenvalue weighted by atomic mass is 10.0. The quantitative estimate of drug-likeness (QED) is 0.800. The van der Waals surface area contributed by atoms with Gasteiger partial charge in [0.1, 0.15) is 5.75 Å². The number of carbonyl (C=O) groups excluding carboxylic acids is 1. The van der Waals surface area contributed by atoms with Crippen molar-refractivity contribution in [3.8, 4) is 5.75 Å². The van der Waals surface area contributed by atoms with E-state index in [2.05, 4.69) is 5.32 Å². The number of aliphatic hydroxyl groups is 1. The molecule has 2 N–H and O–H groups in total. The van der Waals surface area contributed by atoms with E-state index >= 15 is 0 Å². The minimum atomic E-state index is -0.769. The molecule has 0 spiro atoms. The second kappa shape index (κ2) is 6.27. The molecule has 4 nitrogen and oxygen atoms in total. The smallest absolute Gasteiger partial charge is 0.224 e. The van der Waals surface area contributed by atoms with Gasteiger partial charge in [0.2, 0.25) is 5.91 Å². The van der Waals surface area contributed by atoms with E-state index in [9.17, 15) is 9.90 Å². The Labute approximate surface area is 120 Å². The topological polar surface area (TPSA) is 58.6 Å². The van der Waals surface area contributed by atoms with Crippen molar-refractivity contribution in [2.45, 2.75) is 38.7 Å². The van der Waals surface area contributed by atoms with Crippen molar-refractivity contribution in [2.75, 3.05) is 13.2 Å². The summed E-state index contributed by atoms with van der Waals surface area (Å²) in [5.74, 6) is 1.09. The van der Waals surface area contributed by atoms with E-state index in [4.69, 9.17) is 4.74 Å². The van der Waals surface area contributed by atoms with Gasteiger partial charge in [-0.2, -0.15) is 0 Å². The Bertz CT molecular complexity index is 449. The van der Waals surface area contributed by atoms with E-state index in [1.165, 1.54) is 0 Å². The molecule has 2 rings (SSSR count). The van der Waals surface area contributed by atoms with Crippen LogP contribution < -0.4 is 10.1 Å². The molecule has 0 aliphatic heterocycles. The highest BCUT2D eigenvalue weighted by molar-refractivity contribution is 5.78. The SMILES string of the molecule is CCOc1ccc(CC(=O)NCC(C)(O)C2CC2)cc1. The van der Waals surface area contributed by atoms with Crippen molar-refractivity contribution in [1.29, 1.82) is 0 Å². The molecule has 1 saturated carbocycles. The Morgan fingerprint density at radius 3 is 2.60 bits per heavy atom. The zero-order chi connectivity index (χ0) is 14.6. The molecule has 0 heterocycles. The third-order valence-electron chi connectivity index (χ3n) is 3.70. The van der Waals surface area contributed by atoms with Crippen LogP contribution >= 0.6 is 0 Å². The molecular formula is C16H23NO3. The number of hydrogen-bond donors (Lipinski definition) is 2. The first-order chi connectivity index (χ1) is 9.51. The van der Waals surface area contributed by atoms with Gasteiger partial charge in [-0.15, -0.1) is 0 Å². The minimum absolute atomic E-state index is 0.0601. The second-order valence-electron chi connectivity index (χ2n) is 5.66. The third kappa shape index (κ3) is 4.23. The van der Waals surface area contributed by atoms with Crippen molar-refractivity contribution in [3.63, 3.8) is 0 Å². The number of hydrogen-bond acceptors (Lipinski definition) is 3. The first-order valence-corrected chi connectivity index (χ1v) is 7.22. The van der Waals surface area contributed by atoms with Gasteiger partial charge in [-0.1, -0.05) is 12.1 Å². The molecule has 1 aliphatic rings. The van der Waals surface area contributed by atoms with Crippen molar-refractivity contribution in [3.05, 3.63) is 29.8 Å². The maximum atomic E-state index is 11.9. The van der Waals surface area contributed by atoms with Crippen LogP contribution in [0.1, 0.15) is 32.3 Å². The largest absolute Gasteiger partial charge is 0.494 e. The lowest BCUT2D eigenvalue weighted by Crippen LogP contribution is -2.42. The number of nitrogens with one attached hydrogen (secondary N) is 1. The van der Waals surface area contributed by atoms with Crippen LogP contribution in [0.2, 0.25) is 0 Å². The van der Waals surface area contributed by atoms with Gasteiger partial charge >= 0.3 is 0 Å². The number of amides is 1. The van der Waals surface area contributed by atoms with Gasteiger partial charge in [0, 0.05) is 6.54 Å². The Balaban J connectivity index is 1.78. The maximum Gasteiger partial charge on any atom is 0.224 e. The Morgan fingerprint density at radius 2 is 2.05 bits per heavy atom. The minimum Gasteiger partial charge on any atom is -0.494 e.